The summed E-state index contributed by atoms with van der Waals surface area (Å²) in [5, 5.41) is 2.55. The van der Waals surface area contributed by atoms with Gasteiger partial charge in [-0.25, -0.2) is 4.79 Å². The van der Waals surface area contributed by atoms with Crippen molar-refractivity contribution in [3.8, 4) is 0 Å². The van der Waals surface area contributed by atoms with Gasteiger partial charge in [0, 0.05) is 18.5 Å². The average molecular weight is 338 g/mol. The fourth-order valence-electron chi connectivity index (χ4n) is 2.48. The van der Waals surface area contributed by atoms with Gasteiger partial charge in [-0.2, -0.15) is 13.2 Å². The number of hydrogen-bond acceptors (Lipinski definition) is 3. The van der Waals surface area contributed by atoms with Crippen molar-refractivity contribution >= 4 is 12.0 Å². The van der Waals surface area contributed by atoms with Gasteiger partial charge < -0.3 is 15.0 Å². The molecule has 0 aromatic heterocycles. The molecule has 1 aliphatic rings. The topological polar surface area (TPSA) is 58.6 Å². The summed E-state index contributed by atoms with van der Waals surface area (Å²) in [5.41, 5.74) is -0.694. The van der Waals surface area contributed by atoms with Crippen molar-refractivity contribution in [2.24, 2.45) is 5.92 Å². The highest BCUT2D eigenvalue weighted by Crippen LogP contribution is 2.32. The lowest BCUT2D eigenvalue weighted by Gasteiger charge is -2.41. The maximum atomic E-state index is 13.1. The van der Waals surface area contributed by atoms with Crippen LogP contribution in [0.3, 0.4) is 0 Å². The van der Waals surface area contributed by atoms with E-state index in [1.54, 1.807) is 34.6 Å². The highest BCUT2D eigenvalue weighted by Gasteiger charge is 2.48. The summed E-state index contributed by atoms with van der Waals surface area (Å²) in [6.07, 6.45) is -5.25. The molecule has 0 unspecified atom stereocenters. The number of hydrogen-bond donors (Lipinski definition) is 1. The fourth-order valence-corrected chi connectivity index (χ4v) is 2.48. The largest absolute Gasteiger partial charge is 0.444 e. The summed E-state index contributed by atoms with van der Waals surface area (Å²) in [6, 6.07) is -2.35. The van der Waals surface area contributed by atoms with E-state index in [1.807, 2.05) is 0 Å². The van der Waals surface area contributed by atoms with Crippen LogP contribution in [0.4, 0.5) is 18.0 Å². The second-order valence-electron chi connectivity index (χ2n) is 7.12. The quantitative estimate of drug-likeness (QED) is 0.842. The maximum absolute atomic E-state index is 13.1. The molecule has 23 heavy (non-hydrogen) atoms. The van der Waals surface area contributed by atoms with Gasteiger partial charge in [0.1, 0.15) is 11.6 Å². The Morgan fingerprint density at radius 2 is 1.74 bits per heavy atom. The Morgan fingerprint density at radius 1 is 1.17 bits per heavy atom. The van der Waals surface area contributed by atoms with E-state index in [2.05, 4.69) is 5.32 Å². The van der Waals surface area contributed by atoms with E-state index in [0.29, 0.717) is 0 Å². The van der Waals surface area contributed by atoms with E-state index in [4.69, 9.17) is 4.74 Å². The molecule has 1 saturated heterocycles. The van der Waals surface area contributed by atoms with E-state index in [0.717, 1.165) is 4.90 Å². The van der Waals surface area contributed by atoms with E-state index in [9.17, 15) is 22.8 Å². The van der Waals surface area contributed by atoms with E-state index < -0.39 is 41.8 Å². The number of carbonyl (C=O) groups is 2. The van der Waals surface area contributed by atoms with Crippen LogP contribution in [0.25, 0.3) is 0 Å². The third-order valence-corrected chi connectivity index (χ3v) is 3.46. The first-order chi connectivity index (χ1) is 10.3. The number of likely N-dealkylation sites (tertiary alicyclic amines) is 1. The number of nitrogens with one attached hydrogen (secondary N) is 1. The van der Waals surface area contributed by atoms with Crippen LogP contribution in [-0.4, -0.2) is 47.3 Å². The molecule has 0 spiro atoms. The first-order valence-electron chi connectivity index (χ1n) is 7.68. The van der Waals surface area contributed by atoms with Gasteiger partial charge in [-0.1, -0.05) is 13.8 Å². The smallest absolute Gasteiger partial charge is 0.408 e. The van der Waals surface area contributed by atoms with Crippen molar-refractivity contribution in [3.05, 3.63) is 0 Å². The molecule has 1 fully saturated rings. The second kappa shape index (κ2) is 6.97. The molecule has 1 aliphatic heterocycles. The maximum Gasteiger partial charge on any atom is 0.408 e. The minimum absolute atomic E-state index is 0.144. The van der Waals surface area contributed by atoms with Crippen LogP contribution in [0.15, 0.2) is 0 Å². The van der Waals surface area contributed by atoms with Gasteiger partial charge >= 0.3 is 12.3 Å². The van der Waals surface area contributed by atoms with Crippen molar-refractivity contribution in [2.45, 2.75) is 71.3 Å². The lowest BCUT2D eigenvalue weighted by atomic mass is 9.96. The molecule has 2 amide bonds. The van der Waals surface area contributed by atoms with Gasteiger partial charge in [-0.3, -0.25) is 4.79 Å². The number of alkyl carbamates (subject to hydrolysis) is 1. The molecule has 2 atom stereocenters. The number of halogens is 3. The Labute approximate surface area is 134 Å². The number of piperidine rings is 1. The zero-order valence-corrected chi connectivity index (χ0v) is 14.2. The molecule has 5 nitrogen and oxygen atoms in total. The Balaban J connectivity index is 2.79. The predicted molar refractivity (Wildman–Crippen MR) is 78.8 cm³/mol. The molecule has 134 valence electrons. The Kier molecular flexibility index (Phi) is 5.93. The van der Waals surface area contributed by atoms with E-state index in [1.165, 1.54) is 0 Å². The van der Waals surface area contributed by atoms with Crippen molar-refractivity contribution < 1.29 is 27.5 Å². The normalized spacial score (nSPS) is 22.9. The summed E-state index contributed by atoms with van der Waals surface area (Å²) in [6.45, 7) is 8.03. The van der Waals surface area contributed by atoms with E-state index >= 15 is 0 Å². The molecular formula is C15H25F3N2O3. The molecule has 1 N–H and O–H groups in total. The number of alkyl halides is 3. The third-order valence-electron chi connectivity index (χ3n) is 3.46. The fraction of sp³-hybridized carbons (Fsp3) is 0.867. The van der Waals surface area contributed by atoms with Crippen LogP contribution < -0.4 is 5.32 Å². The minimum atomic E-state index is -4.47. The van der Waals surface area contributed by atoms with E-state index in [-0.39, 0.29) is 19.4 Å². The van der Waals surface area contributed by atoms with Crippen LogP contribution in [0.2, 0.25) is 0 Å². The summed E-state index contributed by atoms with van der Waals surface area (Å²) in [7, 11) is 0. The summed E-state index contributed by atoms with van der Waals surface area (Å²) in [5.74, 6) is -1.11. The summed E-state index contributed by atoms with van der Waals surface area (Å²) in [4.78, 5) is 24.7. The van der Waals surface area contributed by atoms with Crippen molar-refractivity contribution in [1.82, 2.24) is 10.2 Å². The van der Waals surface area contributed by atoms with Gasteiger partial charge in [0.15, 0.2) is 0 Å². The minimum Gasteiger partial charge on any atom is -0.444 e. The lowest BCUT2D eigenvalue weighted by molar-refractivity contribution is -0.198. The number of ether oxygens (including phenoxy) is 1. The molecule has 1 rings (SSSR count). The third kappa shape index (κ3) is 5.91. The molecule has 8 heteroatoms. The molecular weight excluding hydrogens is 313 g/mol. The van der Waals surface area contributed by atoms with Crippen LogP contribution in [-0.2, 0) is 9.53 Å². The predicted octanol–water partition coefficient (Wildman–Crippen LogP) is 3.09. The number of nitrogens with zero attached hydrogens (tertiary/aromatic N) is 1. The van der Waals surface area contributed by atoms with Crippen molar-refractivity contribution in [2.75, 3.05) is 6.54 Å². The molecule has 0 radical (unpaired) electrons. The van der Waals surface area contributed by atoms with Crippen LogP contribution in [0, 0.1) is 5.92 Å². The highest BCUT2D eigenvalue weighted by molar-refractivity contribution is 5.79. The SMILES string of the molecule is CC(C)C(=O)N1C[C@@H](NC(=O)OC(C)(C)C)CC[C@H]1C(F)(F)F. The Hall–Kier alpha value is -1.47. The monoisotopic (exact) mass is 338 g/mol. The molecule has 0 saturated carbocycles. The van der Waals surface area contributed by atoms with Gasteiger partial charge in [0.2, 0.25) is 5.91 Å². The second-order valence-corrected chi connectivity index (χ2v) is 7.12. The molecule has 0 aliphatic carbocycles. The summed E-state index contributed by atoms with van der Waals surface area (Å²) >= 11 is 0. The van der Waals surface area contributed by atoms with Crippen molar-refractivity contribution in [3.63, 3.8) is 0 Å². The zero-order valence-electron chi connectivity index (χ0n) is 14.2. The van der Waals surface area contributed by atoms with Gasteiger partial charge in [-0.05, 0) is 33.6 Å². The molecule has 1 heterocycles. The Bertz CT molecular complexity index is 444. The zero-order chi connectivity index (χ0) is 18.0. The lowest BCUT2D eigenvalue weighted by Crippen LogP contribution is -2.59. The molecule has 0 bridgehead atoms. The van der Waals surface area contributed by atoms with Gasteiger partial charge in [-0.15, -0.1) is 0 Å². The van der Waals surface area contributed by atoms with Crippen LogP contribution in [0.5, 0.6) is 0 Å². The highest BCUT2D eigenvalue weighted by atomic mass is 19.4. The van der Waals surface area contributed by atoms with Crippen LogP contribution >= 0.6 is 0 Å². The first-order valence-corrected chi connectivity index (χ1v) is 7.68. The average Bonchev–Trinajstić information content (AvgIpc) is 2.33. The van der Waals surface area contributed by atoms with Gasteiger partial charge in [0.25, 0.3) is 0 Å². The van der Waals surface area contributed by atoms with Gasteiger partial charge in [0.05, 0.1) is 0 Å². The standard InChI is InChI=1S/C15H25F3N2O3/c1-9(2)12(21)20-8-10(6-7-11(20)15(16,17)18)19-13(22)23-14(3,4)5/h9-11H,6-8H2,1-5H3,(H,19,22)/t10-,11-/m0/s1. The van der Waals surface area contributed by atoms with Crippen LogP contribution in [0.1, 0.15) is 47.5 Å². The first kappa shape index (κ1) is 19.6. The number of amides is 2. The number of carbonyl (C=O) groups excluding carboxylic acids is 2. The number of rotatable bonds is 2. The molecule has 0 aromatic carbocycles. The molecule has 0 aromatic rings. The Morgan fingerprint density at radius 3 is 2.17 bits per heavy atom. The summed E-state index contributed by atoms with van der Waals surface area (Å²) < 4.78 is 44.5. The van der Waals surface area contributed by atoms with Crippen molar-refractivity contribution in [1.29, 1.82) is 0 Å².